The number of hydrogen-bond donors (Lipinski definition) is 0. The predicted molar refractivity (Wildman–Crippen MR) is 168 cm³/mol. The van der Waals surface area contributed by atoms with Gasteiger partial charge in [-0.05, 0) is 141 Å². The third-order valence-corrected chi connectivity index (χ3v) is 13.6. The minimum absolute atomic E-state index is 0.913. The minimum Gasteiger partial charge on any atom is -0.0654 e. The van der Waals surface area contributed by atoms with Crippen LogP contribution in [0.25, 0.3) is 0 Å². The fourth-order valence-corrected chi connectivity index (χ4v) is 11.1. The van der Waals surface area contributed by atoms with Crippen molar-refractivity contribution in [3.05, 3.63) is 0 Å². The van der Waals surface area contributed by atoms with Crippen molar-refractivity contribution in [2.75, 3.05) is 0 Å². The van der Waals surface area contributed by atoms with Crippen molar-refractivity contribution in [1.29, 1.82) is 0 Å². The first-order valence-electron chi connectivity index (χ1n) is 18.3. The number of hydrogen-bond acceptors (Lipinski definition) is 0. The second kappa shape index (κ2) is 14.8. The molecule has 38 heavy (non-hydrogen) atoms. The largest absolute Gasteiger partial charge is 0.0654 e. The highest BCUT2D eigenvalue weighted by Gasteiger charge is 2.47. The van der Waals surface area contributed by atoms with Crippen LogP contribution in [0, 0.1) is 76.9 Å². The van der Waals surface area contributed by atoms with E-state index in [2.05, 4.69) is 48.5 Å². The number of rotatable bonds is 7. The van der Waals surface area contributed by atoms with E-state index in [1.54, 1.807) is 44.9 Å². The van der Waals surface area contributed by atoms with E-state index < -0.39 is 0 Å². The van der Waals surface area contributed by atoms with E-state index in [4.69, 9.17) is 0 Å². The fraction of sp³-hybridized carbons (Fsp3) is 1.00. The van der Waals surface area contributed by atoms with Crippen LogP contribution >= 0.6 is 0 Å². The second-order valence-corrected chi connectivity index (χ2v) is 16.3. The zero-order valence-electron chi connectivity index (χ0n) is 27.2. The van der Waals surface area contributed by atoms with Crippen LogP contribution in [0.15, 0.2) is 0 Å². The van der Waals surface area contributed by atoms with Gasteiger partial charge in [0.05, 0.1) is 0 Å². The summed E-state index contributed by atoms with van der Waals surface area (Å²) >= 11 is 0. The first-order valence-corrected chi connectivity index (χ1v) is 18.3. The summed E-state index contributed by atoms with van der Waals surface area (Å²) in [7, 11) is 0. The second-order valence-electron chi connectivity index (χ2n) is 16.3. The molecule has 0 radical (unpaired) electrons. The molecule has 0 aromatic rings. The van der Waals surface area contributed by atoms with E-state index >= 15 is 0 Å². The van der Waals surface area contributed by atoms with Gasteiger partial charge in [-0.15, -0.1) is 0 Å². The monoisotopic (exact) mass is 527 g/mol. The summed E-state index contributed by atoms with van der Waals surface area (Å²) in [5, 5.41) is 0. The van der Waals surface area contributed by atoms with Crippen LogP contribution < -0.4 is 0 Å². The van der Waals surface area contributed by atoms with E-state index in [1.165, 1.54) is 70.6 Å². The third-order valence-electron chi connectivity index (χ3n) is 13.6. The predicted octanol–water partition coefficient (Wildman–Crippen LogP) is 12.2. The minimum atomic E-state index is 0.913. The van der Waals surface area contributed by atoms with Crippen LogP contribution in [0.3, 0.4) is 0 Å². The van der Waals surface area contributed by atoms with Crippen LogP contribution in [0.5, 0.6) is 0 Å². The van der Waals surface area contributed by atoms with Gasteiger partial charge in [0.1, 0.15) is 0 Å². The molecule has 0 bridgehead atoms. The van der Waals surface area contributed by atoms with Crippen molar-refractivity contribution in [3.8, 4) is 0 Å². The number of fused-ring (bicyclic) bond motifs is 1. The molecular weight excluding hydrogens is 456 g/mol. The maximum Gasteiger partial charge on any atom is -0.0324 e. The normalized spacial score (nSPS) is 45.5. The average Bonchev–Trinajstić information content (AvgIpc) is 3.56. The highest BCUT2D eigenvalue weighted by Crippen LogP contribution is 2.56. The Labute approximate surface area is 240 Å². The van der Waals surface area contributed by atoms with E-state index in [1.807, 2.05) is 0 Å². The zero-order valence-corrected chi connectivity index (χ0v) is 27.2. The SMILES string of the molecule is CCC1CCC(C)C(C2CCC(C)C2)C1.CCCCC1C(C)CC2CCCC2C1C1CCC(C(C)C)CC1. The van der Waals surface area contributed by atoms with E-state index in [0.717, 1.165) is 76.9 Å². The third kappa shape index (κ3) is 7.64. The van der Waals surface area contributed by atoms with Gasteiger partial charge < -0.3 is 0 Å². The molecule has 5 aliphatic rings. The van der Waals surface area contributed by atoms with Gasteiger partial charge in [0, 0.05) is 0 Å². The van der Waals surface area contributed by atoms with E-state index in [9.17, 15) is 0 Å². The molecule has 5 fully saturated rings. The highest BCUT2D eigenvalue weighted by atomic mass is 14.5. The van der Waals surface area contributed by atoms with Crippen molar-refractivity contribution in [3.63, 3.8) is 0 Å². The summed E-state index contributed by atoms with van der Waals surface area (Å²) in [5.41, 5.74) is 0. The molecule has 0 heteroatoms. The Morgan fingerprint density at radius 1 is 0.632 bits per heavy atom. The molecule has 0 amide bonds. The summed E-state index contributed by atoms with van der Waals surface area (Å²) in [6, 6.07) is 0. The van der Waals surface area contributed by atoms with Gasteiger partial charge in [0.15, 0.2) is 0 Å². The van der Waals surface area contributed by atoms with Crippen molar-refractivity contribution in [1.82, 2.24) is 0 Å². The van der Waals surface area contributed by atoms with Gasteiger partial charge in [-0.2, -0.15) is 0 Å². The lowest BCUT2D eigenvalue weighted by Gasteiger charge is -2.50. The Balaban J connectivity index is 0.000000194. The lowest BCUT2D eigenvalue weighted by molar-refractivity contribution is -0.00486. The van der Waals surface area contributed by atoms with Crippen molar-refractivity contribution < 1.29 is 0 Å². The summed E-state index contributed by atoms with van der Waals surface area (Å²) in [4.78, 5) is 0. The van der Waals surface area contributed by atoms with Gasteiger partial charge >= 0.3 is 0 Å². The van der Waals surface area contributed by atoms with Gasteiger partial charge in [0.25, 0.3) is 0 Å². The molecule has 5 rings (SSSR count). The summed E-state index contributed by atoms with van der Waals surface area (Å²) in [6.07, 6.45) is 27.4. The van der Waals surface area contributed by atoms with Crippen LogP contribution in [0.1, 0.15) is 164 Å². The Hall–Kier alpha value is 0. The lowest BCUT2D eigenvalue weighted by Crippen LogP contribution is -2.42. The molecule has 5 saturated carbocycles. The smallest absolute Gasteiger partial charge is 0.0324 e. The standard InChI is InChI=1S/C23H42.C15H28/c1-5-6-9-21-17(4)15-20-8-7-10-22(20)23(21)19-13-11-18(12-14-19)16(2)3;1-4-13-7-6-12(3)15(10-13)14-8-5-11(2)9-14/h16-23H,5-15H2,1-4H3;11-15H,4-10H2,1-3H3. The molecule has 0 aromatic carbocycles. The Morgan fingerprint density at radius 2 is 1.34 bits per heavy atom. The molecule has 0 aromatic heterocycles. The topological polar surface area (TPSA) is 0 Å². The molecule has 0 N–H and O–H groups in total. The maximum absolute atomic E-state index is 2.61. The van der Waals surface area contributed by atoms with Gasteiger partial charge in [-0.25, -0.2) is 0 Å². The van der Waals surface area contributed by atoms with Gasteiger partial charge in [-0.3, -0.25) is 0 Å². The molecule has 10 unspecified atom stereocenters. The van der Waals surface area contributed by atoms with Gasteiger partial charge in [-0.1, -0.05) is 99.8 Å². The molecule has 0 aliphatic heterocycles. The fourth-order valence-electron chi connectivity index (χ4n) is 11.1. The van der Waals surface area contributed by atoms with Crippen LogP contribution in [-0.4, -0.2) is 0 Å². The summed E-state index contributed by atoms with van der Waals surface area (Å²) in [6.45, 7) is 17.2. The molecule has 5 aliphatic carbocycles. The molecule has 222 valence electrons. The number of unbranched alkanes of at least 4 members (excludes halogenated alkanes) is 1. The molecule has 0 spiro atoms. The van der Waals surface area contributed by atoms with Crippen LogP contribution in [0.4, 0.5) is 0 Å². The molecule has 0 heterocycles. The van der Waals surface area contributed by atoms with Gasteiger partial charge in [0.2, 0.25) is 0 Å². The van der Waals surface area contributed by atoms with Crippen molar-refractivity contribution >= 4 is 0 Å². The van der Waals surface area contributed by atoms with Crippen LogP contribution in [0.2, 0.25) is 0 Å². The summed E-state index contributed by atoms with van der Waals surface area (Å²) in [5.74, 6) is 13.7. The first kappa shape index (κ1) is 30.9. The lowest BCUT2D eigenvalue weighted by atomic mass is 9.56. The molecular formula is C38H70. The summed E-state index contributed by atoms with van der Waals surface area (Å²) < 4.78 is 0. The van der Waals surface area contributed by atoms with E-state index in [0.29, 0.717) is 0 Å². The zero-order chi connectivity index (χ0) is 27.2. The quantitative estimate of drug-likeness (QED) is 0.309. The Morgan fingerprint density at radius 3 is 1.97 bits per heavy atom. The van der Waals surface area contributed by atoms with E-state index in [-0.39, 0.29) is 0 Å². The average molecular weight is 527 g/mol. The molecule has 0 nitrogen and oxygen atoms in total. The first-order chi connectivity index (χ1) is 18.3. The Bertz CT molecular complexity index is 655. The highest BCUT2D eigenvalue weighted by molar-refractivity contribution is 4.97. The molecule has 0 saturated heterocycles. The van der Waals surface area contributed by atoms with Crippen molar-refractivity contribution in [2.24, 2.45) is 76.9 Å². The van der Waals surface area contributed by atoms with Crippen molar-refractivity contribution in [2.45, 2.75) is 164 Å². The maximum atomic E-state index is 2.61. The molecule has 10 atom stereocenters. The van der Waals surface area contributed by atoms with Crippen LogP contribution in [-0.2, 0) is 0 Å². The Kier molecular flexibility index (Phi) is 12.0.